The molecular weight excluding hydrogens is 230 g/mol. The Morgan fingerprint density at radius 3 is 1.79 bits per heavy atom. The average Bonchev–Trinajstić information content (AvgIpc) is 2.49. The monoisotopic (exact) mass is 251 g/mol. The lowest BCUT2D eigenvalue weighted by Crippen LogP contribution is -2.31. The summed E-state index contributed by atoms with van der Waals surface area (Å²) < 4.78 is 0. The Morgan fingerprint density at radius 1 is 0.684 bits per heavy atom. The zero-order valence-electron chi connectivity index (χ0n) is 11.2. The van der Waals surface area contributed by atoms with Gasteiger partial charge in [-0.25, -0.2) is 0 Å². The fourth-order valence-electron chi connectivity index (χ4n) is 3.37. The van der Waals surface area contributed by atoms with E-state index >= 15 is 0 Å². The Labute approximate surface area is 115 Å². The molecule has 2 aromatic rings. The van der Waals surface area contributed by atoms with Crippen LogP contribution in [0.25, 0.3) is 0 Å². The third-order valence-electron chi connectivity index (χ3n) is 4.35. The van der Waals surface area contributed by atoms with Crippen LogP contribution in [0.5, 0.6) is 0 Å². The summed E-state index contributed by atoms with van der Waals surface area (Å²) in [5.74, 6) is 1.18. The highest BCUT2D eigenvalue weighted by Gasteiger charge is 2.30. The van der Waals surface area contributed by atoms with Gasteiger partial charge in [0.25, 0.3) is 0 Å². The van der Waals surface area contributed by atoms with E-state index in [1.807, 2.05) is 0 Å². The van der Waals surface area contributed by atoms with Gasteiger partial charge in [-0.2, -0.15) is 0 Å². The topological polar surface area (TPSA) is 26.0 Å². The predicted octanol–water partition coefficient (Wildman–Crippen LogP) is 4.07. The largest absolute Gasteiger partial charge is 0.328 e. The maximum Gasteiger partial charge on any atom is 0.00450 e. The lowest BCUT2D eigenvalue weighted by Gasteiger charge is -2.35. The van der Waals surface area contributed by atoms with Crippen molar-refractivity contribution in [1.29, 1.82) is 0 Å². The van der Waals surface area contributed by atoms with Crippen molar-refractivity contribution in [2.24, 2.45) is 5.73 Å². The zero-order chi connectivity index (χ0) is 13.1. The van der Waals surface area contributed by atoms with Crippen LogP contribution in [0.1, 0.15) is 42.2 Å². The zero-order valence-corrected chi connectivity index (χ0v) is 11.2. The van der Waals surface area contributed by atoms with Gasteiger partial charge in [-0.05, 0) is 42.2 Å². The normalized spacial score (nSPS) is 27.1. The van der Waals surface area contributed by atoms with E-state index in [0.29, 0.717) is 17.9 Å². The molecule has 3 unspecified atom stereocenters. The summed E-state index contributed by atoms with van der Waals surface area (Å²) in [6, 6.07) is 22.1. The third kappa shape index (κ3) is 2.71. The minimum atomic E-state index is 0.352. The summed E-state index contributed by atoms with van der Waals surface area (Å²) in [6.45, 7) is 0. The van der Waals surface area contributed by atoms with Crippen LogP contribution in [-0.4, -0.2) is 6.04 Å². The standard InChI is InChI=1S/C18H21N/c19-16-11-12-17(14-7-3-1-4-8-14)18(13-16)15-9-5-2-6-10-15/h1-10,16-18H,11-13,19H2. The summed E-state index contributed by atoms with van der Waals surface area (Å²) in [4.78, 5) is 0. The van der Waals surface area contributed by atoms with Crippen LogP contribution < -0.4 is 5.73 Å². The van der Waals surface area contributed by atoms with Crippen LogP contribution >= 0.6 is 0 Å². The molecule has 1 aliphatic rings. The maximum atomic E-state index is 6.20. The van der Waals surface area contributed by atoms with Gasteiger partial charge in [0.05, 0.1) is 0 Å². The number of hydrogen-bond donors (Lipinski definition) is 1. The van der Waals surface area contributed by atoms with Crippen molar-refractivity contribution in [3.05, 3.63) is 71.8 Å². The highest BCUT2D eigenvalue weighted by atomic mass is 14.6. The molecule has 1 heteroatoms. The van der Waals surface area contributed by atoms with E-state index in [0.717, 1.165) is 12.8 Å². The van der Waals surface area contributed by atoms with Gasteiger partial charge in [0.2, 0.25) is 0 Å². The molecule has 0 amide bonds. The van der Waals surface area contributed by atoms with Crippen LogP contribution in [0.4, 0.5) is 0 Å². The van der Waals surface area contributed by atoms with Crippen LogP contribution in [-0.2, 0) is 0 Å². The third-order valence-corrected chi connectivity index (χ3v) is 4.35. The van der Waals surface area contributed by atoms with Crippen LogP contribution in [0.2, 0.25) is 0 Å². The molecule has 0 spiro atoms. The molecule has 1 saturated carbocycles. The van der Waals surface area contributed by atoms with Gasteiger partial charge in [0.15, 0.2) is 0 Å². The summed E-state index contributed by atoms with van der Waals surface area (Å²) >= 11 is 0. The Balaban J connectivity index is 1.93. The highest BCUT2D eigenvalue weighted by molar-refractivity contribution is 5.29. The summed E-state index contributed by atoms with van der Waals surface area (Å²) in [5, 5.41) is 0. The molecule has 1 nitrogen and oxygen atoms in total. The van der Waals surface area contributed by atoms with E-state index < -0.39 is 0 Å². The minimum absolute atomic E-state index is 0.352. The van der Waals surface area contributed by atoms with E-state index in [9.17, 15) is 0 Å². The van der Waals surface area contributed by atoms with Crippen molar-refractivity contribution in [2.45, 2.75) is 37.1 Å². The molecule has 98 valence electrons. The van der Waals surface area contributed by atoms with Crippen LogP contribution in [0.3, 0.4) is 0 Å². The second kappa shape index (κ2) is 5.58. The number of hydrogen-bond acceptors (Lipinski definition) is 1. The van der Waals surface area contributed by atoms with Gasteiger partial charge >= 0.3 is 0 Å². The Bertz CT molecular complexity index is 506. The number of benzene rings is 2. The molecule has 3 rings (SSSR count). The predicted molar refractivity (Wildman–Crippen MR) is 80.2 cm³/mol. The van der Waals surface area contributed by atoms with Crippen molar-refractivity contribution in [3.63, 3.8) is 0 Å². The summed E-state index contributed by atoms with van der Waals surface area (Å²) in [7, 11) is 0. The molecule has 19 heavy (non-hydrogen) atoms. The molecule has 0 bridgehead atoms. The Hall–Kier alpha value is -1.60. The van der Waals surface area contributed by atoms with Crippen molar-refractivity contribution < 1.29 is 0 Å². The van der Waals surface area contributed by atoms with E-state index in [1.165, 1.54) is 17.5 Å². The Kier molecular flexibility index (Phi) is 3.65. The van der Waals surface area contributed by atoms with E-state index in [4.69, 9.17) is 5.73 Å². The average molecular weight is 251 g/mol. The van der Waals surface area contributed by atoms with E-state index in [1.54, 1.807) is 0 Å². The lowest BCUT2D eigenvalue weighted by atomic mass is 9.71. The molecule has 2 N–H and O–H groups in total. The smallest absolute Gasteiger partial charge is 0.00450 e. The first kappa shape index (κ1) is 12.4. The van der Waals surface area contributed by atoms with Crippen molar-refractivity contribution >= 4 is 0 Å². The number of nitrogens with two attached hydrogens (primary N) is 1. The summed E-state index contributed by atoms with van der Waals surface area (Å²) in [5.41, 5.74) is 9.10. The summed E-state index contributed by atoms with van der Waals surface area (Å²) in [6.07, 6.45) is 3.44. The van der Waals surface area contributed by atoms with E-state index in [-0.39, 0.29) is 0 Å². The van der Waals surface area contributed by atoms with E-state index in [2.05, 4.69) is 60.7 Å². The van der Waals surface area contributed by atoms with Gasteiger partial charge in [-0.1, -0.05) is 60.7 Å². The van der Waals surface area contributed by atoms with Gasteiger partial charge in [-0.3, -0.25) is 0 Å². The first-order chi connectivity index (χ1) is 9.34. The fourth-order valence-corrected chi connectivity index (χ4v) is 3.37. The molecule has 0 saturated heterocycles. The van der Waals surface area contributed by atoms with Crippen molar-refractivity contribution in [1.82, 2.24) is 0 Å². The molecule has 2 aromatic carbocycles. The quantitative estimate of drug-likeness (QED) is 0.855. The number of rotatable bonds is 2. The second-order valence-corrected chi connectivity index (χ2v) is 5.61. The van der Waals surface area contributed by atoms with Gasteiger partial charge in [0, 0.05) is 6.04 Å². The van der Waals surface area contributed by atoms with Crippen LogP contribution in [0.15, 0.2) is 60.7 Å². The Morgan fingerprint density at radius 2 is 1.21 bits per heavy atom. The minimum Gasteiger partial charge on any atom is -0.328 e. The molecule has 0 radical (unpaired) electrons. The first-order valence-corrected chi connectivity index (χ1v) is 7.20. The highest BCUT2D eigenvalue weighted by Crippen LogP contribution is 2.43. The molecule has 1 aliphatic carbocycles. The molecular formula is C18H21N. The molecule has 1 fully saturated rings. The second-order valence-electron chi connectivity index (χ2n) is 5.61. The molecule has 3 atom stereocenters. The molecule has 0 aromatic heterocycles. The van der Waals surface area contributed by atoms with Crippen LogP contribution in [0, 0.1) is 0 Å². The van der Waals surface area contributed by atoms with Crippen molar-refractivity contribution in [3.8, 4) is 0 Å². The van der Waals surface area contributed by atoms with Gasteiger partial charge in [0.1, 0.15) is 0 Å². The first-order valence-electron chi connectivity index (χ1n) is 7.20. The van der Waals surface area contributed by atoms with Gasteiger partial charge in [-0.15, -0.1) is 0 Å². The fraction of sp³-hybridized carbons (Fsp3) is 0.333. The molecule has 0 aliphatic heterocycles. The van der Waals surface area contributed by atoms with Crippen molar-refractivity contribution in [2.75, 3.05) is 0 Å². The lowest BCUT2D eigenvalue weighted by molar-refractivity contribution is 0.347. The SMILES string of the molecule is NC1CCC(c2ccccc2)C(c2ccccc2)C1. The molecule has 0 heterocycles. The maximum absolute atomic E-state index is 6.20. The van der Waals surface area contributed by atoms with Gasteiger partial charge < -0.3 is 5.73 Å².